The molecule has 0 amide bonds. The number of fused-ring (bicyclic) bond motifs is 5. The van der Waals surface area contributed by atoms with E-state index in [0.29, 0.717) is 0 Å². The third-order valence-corrected chi connectivity index (χ3v) is 12.5. The first-order chi connectivity index (χ1) is 31.0. The van der Waals surface area contributed by atoms with Crippen molar-refractivity contribution in [3.63, 3.8) is 0 Å². The number of hydrogen-bond donors (Lipinski definition) is 0. The fraction of sp³-hybridized carbons (Fsp3) is 0.0508. The van der Waals surface area contributed by atoms with Crippen molar-refractivity contribution in [2.24, 2.45) is 0 Å². The van der Waals surface area contributed by atoms with Crippen LogP contribution in [0.25, 0.3) is 55.4 Å². The maximum atomic E-state index is 5.25. The summed E-state index contributed by atoms with van der Waals surface area (Å²) in [4.78, 5) is 14.2. The van der Waals surface area contributed by atoms with Gasteiger partial charge in [0.15, 0.2) is 0 Å². The Morgan fingerprint density at radius 1 is 0.381 bits per heavy atom. The lowest BCUT2D eigenvalue weighted by Gasteiger charge is -2.26. The van der Waals surface area contributed by atoms with Crippen LogP contribution in [0, 0.1) is 0 Å². The summed E-state index contributed by atoms with van der Waals surface area (Å²) in [6.45, 7) is 4.74. The van der Waals surface area contributed by atoms with Crippen LogP contribution in [0.2, 0.25) is 0 Å². The molecule has 4 nitrogen and oxygen atoms in total. The van der Waals surface area contributed by atoms with Crippen LogP contribution in [-0.4, -0.2) is 9.97 Å². The molecule has 4 heteroatoms. The number of pyridine rings is 2. The largest absolute Gasteiger partial charge is 0.311 e. The summed E-state index contributed by atoms with van der Waals surface area (Å²) in [5.41, 5.74) is 18.0. The van der Waals surface area contributed by atoms with Crippen LogP contribution in [0.4, 0.5) is 34.1 Å². The monoisotopic (exact) mass is 808 g/mol. The highest BCUT2D eigenvalue weighted by molar-refractivity contribution is 6.07. The van der Waals surface area contributed by atoms with E-state index >= 15 is 0 Å². The van der Waals surface area contributed by atoms with E-state index in [-0.39, 0.29) is 5.41 Å². The fourth-order valence-electron chi connectivity index (χ4n) is 9.45. The van der Waals surface area contributed by atoms with Crippen LogP contribution in [-0.2, 0) is 5.41 Å². The average molecular weight is 809 g/mol. The van der Waals surface area contributed by atoms with Gasteiger partial charge in [-0.05, 0) is 141 Å². The number of aromatic nitrogens is 2. The SMILES string of the molecule is CC1(C)c2cc(-c3ccc(N(c4ccccc4)c4cccc(-c5cccnc5)c4)cn3)cc(-c3ccc(N(c4ccccc4)c4ccccc4)cc3)c2-c2c1ccc1ccccc21. The van der Waals surface area contributed by atoms with E-state index in [9.17, 15) is 0 Å². The molecule has 0 fully saturated rings. The highest BCUT2D eigenvalue weighted by Gasteiger charge is 2.38. The van der Waals surface area contributed by atoms with Crippen molar-refractivity contribution in [3.05, 3.63) is 242 Å². The van der Waals surface area contributed by atoms with Gasteiger partial charge in [0.05, 0.1) is 17.6 Å². The van der Waals surface area contributed by atoms with Crippen LogP contribution >= 0.6 is 0 Å². The summed E-state index contributed by atoms with van der Waals surface area (Å²) in [6.07, 6.45) is 5.73. The zero-order chi connectivity index (χ0) is 42.3. The topological polar surface area (TPSA) is 32.3 Å². The lowest BCUT2D eigenvalue weighted by atomic mass is 9.80. The summed E-state index contributed by atoms with van der Waals surface area (Å²) in [7, 11) is 0. The van der Waals surface area contributed by atoms with Gasteiger partial charge in [0, 0.05) is 57.4 Å². The van der Waals surface area contributed by atoms with E-state index in [4.69, 9.17) is 4.98 Å². The van der Waals surface area contributed by atoms with Crippen molar-refractivity contribution in [1.29, 1.82) is 0 Å². The van der Waals surface area contributed by atoms with Gasteiger partial charge in [-0.15, -0.1) is 0 Å². The molecule has 300 valence electrons. The Bertz CT molecular complexity index is 3180. The van der Waals surface area contributed by atoms with Gasteiger partial charge >= 0.3 is 0 Å². The first-order valence-electron chi connectivity index (χ1n) is 21.6. The minimum absolute atomic E-state index is 0.236. The first kappa shape index (κ1) is 37.9. The van der Waals surface area contributed by atoms with Crippen molar-refractivity contribution in [3.8, 4) is 44.6 Å². The van der Waals surface area contributed by atoms with Gasteiger partial charge in [-0.3, -0.25) is 9.97 Å². The molecule has 63 heavy (non-hydrogen) atoms. The summed E-state index contributed by atoms with van der Waals surface area (Å²) in [6, 6.07) is 76.0. The van der Waals surface area contributed by atoms with Gasteiger partial charge in [0.25, 0.3) is 0 Å². The van der Waals surface area contributed by atoms with E-state index in [2.05, 4.69) is 235 Å². The Kier molecular flexibility index (Phi) is 9.47. The highest BCUT2D eigenvalue weighted by atomic mass is 15.1. The van der Waals surface area contributed by atoms with Gasteiger partial charge in [-0.2, -0.15) is 0 Å². The average Bonchev–Trinajstić information content (AvgIpc) is 3.59. The van der Waals surface area contributed by atoms with E-state index in [1.54, 1.807) is 0 Å². The van der Waals surface area contributed by atoms with E-state index in [0.717, 1.165) is 62.1 Å². The predicted octanol–water partition coefficient (Wildman–Crippen LogP) is 15.9. The number of para-hydroxylation sites is 3. The highest BCUT2D eigenvalue weighted by Crippen LogP contribution is 2.56. The van der Waals surface area contributed by atoms with Gasteiger partial charge in [-0.1, -0.05) is 135 Å². The number of anilines is 6. The second kappa shape index (κ2) is 15.7. The van der Waals surface area contributed by atoms with Crippen molar-refractivity contribution in [2.45, 2.75) is 19.3 Å². The molecule has 0 N–H and O–H groups in total. The van der Waals surface area contributed by atoms with Crippen molar-refractivity contribution in [2.75, 3.05) is 9.80 Å². The van der Waals surface area contributed by atoms with Crippen LogP contribution in [0.5, 0.6) is 0 Å². The number of benzene rings is 8. The first-order valence-corrected chi connectivity index (χ1v) is 21.6. The Hall–Kier alpha value is -8.08. The molecule has 10 aromatic rings. The number of nitrogens with zero attached hydrogens (tertiary/aromatic N) is 4. The molecular weight excluding hydrogens is 765 g/mol. The molecule has 0 spiro atoms. The maximum Gasteiger partial charge on any atom is 0.0703 e. The summed E-state index contributed by atoms with van der Waals surface area (Å²) in [5, 5.41) is 2.53. The van der Waals surface area contributed by atoms with Crippen LogP contribution in [0.1, 0.15) is 25.0 Å². The molecule has 11 rings (SSSR count). The molecular formula is C59H44N4. The zero-order valence-electron chi connectivity index (χ0n) is 35.2. The Labute approximate surface area is 369 Å². The lowest BCUT2D eigenvalue weighted by Crippen LogP contribution is -2.15. The fourth-order valence-corrected chi connectivity index (χ4v) is 9.45. The van der Waals surface area contributed by atoms with Gasteiger partial charge < -0.3 is 9.80 Å². The van der Waals surface area contributed by atoms with Crippen molar-refractivity contribution >= 4 is 44.9 Å². The Balaban J connectivity index is 1.05. The van der Waals surface area contributed by atoms with E-state index in [1.807, 2.05) is 24.7 Å². The molecule has 0 aliphatic heterocycles. The molecule has 0 unspecified atom stereocenters. The molecule has 0 bridgehead atoms. The molecule has 2 heterocycles. The smallest absolute Gasteiger partial charge is 0.0703 e. The zero-order valence-corrected chi connectivity index (χ0v) is 35.2. The summed E-state index contributed by atoms with van der Waals surface area (Å²) < 4.78 is 0. The van der Waals surface area contributed by atoms with Crippen LogP contribution < -0.4 is 9.80 Å². The van der Waals surface area contributed by atoms with Gasteiger partial charge in [0.2, 0.25) is 0 Å². The van der Waals surface area contributed by atoms with E-state index in [1.165, 1.54) is 38.6 Å². The van der Waals surface area contributed by atoms with Gasteiger partial charge in [0.1, 0.15) is 0 Å². The normalized spacial score (nSPS) is 12.4. The van der Waals surface area contributed by atoms with E-state index < -0.39 is 0 Å². The molecule has 2 aromatic heterocycles. The van der Waals surface area contributed by atoms with Crippen molar-refractivity contribution in [1.82, 2.24) is 9.97 Å². The lowest BCUT2D eigenvalue weighted by molar-refractivity contribution is 0.661. The third-order valence-electron chi connectivity index (χ3n) is 12.5. The number of hydrogen-bond acceptors (Lipinski definition) is 4. The van der Waals surface area contributed by atoms with Crippen LogP contribution in [0.15, 0.2) is 231 Å². The second-order valence-electron chi connectivity index (χ2n) is 16.7. The molecule has 1 aliphatic carbocycles. The molecule has 0 saturated heterocycles. The summed E-state index contributed by atoms with van der Waals surface area (Å²) in [5.74, 6) is 0. The molecule has 0 atom stereocenters. The standard InChI is InChI=1S/C59H44N4/c1-59(2)54-33-29-41-16-12-13-26-52(41)57(54)58-53(42-27-30-49(31-28-42)62(46-19-6-3-7-20-46)47-21-8-4-9-22-47)37-45(38-55(58)59)56-34-32-51(40-61-56)63(48-23-10-5-11-24-48)50-25-14-17-43(36-50)44-18-15-35-60-39-44/h3-40H,1-2H3. The second-order valence-corrected chi connectivity index (χ2v) is 16.7. The summed E-state index contributed by atoms with van der Waals surface area (Å²) >= 11 is 0. The maximum absolute atomic E-state index is 5.25. The number of rotatable bonds is 9. The predicted molar refractivity (Wildman–Crippen MR) is 263 cm³/mol. The molecule has 0 saturated carbocycles. The van der Waals surface area contributed by atoms with Crippen molar-refractivity contribution < 1.29 is 0 Å². The molecule has 0 radical (unpaired) electrons. The van der Waals surface area contributed by atoms with Crippen LogP contribution in [0.3, 0.4) is 0 Å². The minimum atomic E-state index is -0.236. The Morgan fingerprint density at radius 3 is 1.63 bits per heavy atom. The molecule has 1 aliphatic rings. The van der Waals surface area contributed by atoms with Gasteiger partial charge in [-0.25, -0.2) is 0 Å². The molecule has 8 aromatic carbocycles. The third kappa shape index (κ3) is 6.83. The minimum Gasteiger partial charge on any atom is -0.311 e. The Morgan fingerprint density at radius 2 is 0.984 bits per heavy atom. The quantitative estimate of drug-likeness (QED) is 0.145.